The molecule has 9 nitrogen and oxygen atoms in total. The lowest BCUT2D eigenvalue weighted by Crippen LogP contribution is -2.50. The molecule has 4 aromatic carbocycles. The molecule has 234 valence electrons. The van der Waals surface area contributed by atoms with Crippen molar-refractivity contribution in [3.8, 4) is 17.2 Å². The number of hydrogen-bond acceptors (Lipinski definition) is 7. The lowest BCUT2D eigenvalue weighted by molar-refractivity contribution is -0.129. The summed E-state index contributed by atoms with van der Waals surface area (Å²) in [5, 5.41) is 8.13. The molecule has 0 unspecified atom stereocenters. The number of nitrogens with zero attached hydrogens (tertiary/aromatic N) is 1. The minimum atomic E-state index is -0.752. The number of rotatable bonds is 10. The van der Waals surface area contributed by atoms with Crippen LogP contribution in [0.3, 0.4) is 0 Å². The van der Waals surface area contributed by atoms with Gasteiger partial charge in [0.1, 0.15) is 6.04 Å². The van der Waals surface area contributed by atoms with Gasteiger partial charge in [-0.1, -0.05) is 62.4 Å². The van der Waals surface area contributed by atoms with Crippen LogP contribution in [-0.4, -0.2) is 50.8 Å². The van der Waals surface area contributed by atoms with Crippen molar-refractivity contribution in [1.29, 1.82) is 0 Å². The first-order chi connectivity index (χ1) is 21.8. The first-order valence-electron chi connectivity index (χ1n) is 14.7. The topological polar surface area (TPSA) is 106 Å². The molecule has 0 radical (unpaired) electrons. The minimum absolute atomic E-state index is 0.163. The molecule has 3 amide bonds. The second-order valence-corrected chi connectivity index (χ2v) is 11.8. The predicted molar refractivity (Wildman–Crippen MR) is 178 cm³/mol. The number of benzene rings is 4. The van der Waals surface area contributed by atoms with Crippen LogP contribution in [0.15, 0.2) is 77.7 Å². The second-order valence-electron chi connectivity index (χ2n) is 10.8. The van der Waals surface area contributed by atoms with Crippen molar-refractivity contribution in [3.05, 3.63) is 83.9 Å². The molecule has 10 heteroatoms. The Morgan fingerprint density at radius 1 is 0.956 bits per heavy atom. The molecule has 1 heterocycles. The summed E-state index contributed by atoms with van der Waals surface area (Å²) >= 11 is 1.42. The first kappa shape index (κ1) is 31.7. The van der Waals surface area contributed by atoms with Crippen molar-refractivity contribution in [2.75, 3.05) is 37.3 Å². The molecule has 0 fully saturated rings. The summed E-state index contributed by atoms with van der Waals surface area (Å²) in [5.41, 5.74) is 2.48. The number of carbonyl (C=O) groups excluding carboxylic acids is 3. The fraction of sp³-hybridized carbons (Fsp3) is 0.286. The number of fused-ring (bicyclic) bond motifs is 2. The Morgan fingerprint density at radius 2 is 1.64 bits per heavy atom. The van der Waals surface area contributed by atoms with E-state index in [1.54, 1.807) is 23.1 Å². The Hall–Kier alpha value is -4.70. The number of hydrogen-bond donors (Lipinski definition) is 2. The van der Waals surface area contributed by atoms with Gasteiger partial charge >= 0.3 is 0 Å². The smallest absolute Gasteiger partial charge is 0.255 e. The van der Waals surface area contributed by atoms with Gasteiger partial charge in [0.15, 0.2) is 11.5 Å². The Bertz CT molecular complexity index is 1710. The van der Waals surface area contributed by atoms with Gasteiger partial charge in [-0.15, -0.1) is 11.8 Å². The van der Waals surface area contributed by atoms with Crippen molar-refractivity contribution in [2.45, 2.75) is 37.8 Å². The third-order valence-corrected chi connectivity index (χ3v) is 9.22. The molecule has 0 bridgehead atoms. The van der Waals surface area contributed by atoms with Gasteiger partial charge in [0.05, 0.1) is 44.1 Å². The van der Waals surface area contributed by atoms with Gasteiger partial charge in [0, 0.05) is 17.2 Å². The molecule has 2 atom stereocenters. The standard InChI is InChI=1S/C35H37N3O6S/c1-6-21(2)33(39)37-27-20-45-32-26(36-34(40)24-17-29(42-3)31(44-5)30(18-24)43-4)15-10-16-28(32)38(35(27)41)19-23-13-9-12-22-11-7-8-14-25(22)23/h7-18,21,27H,6,19-20H2,1-5H3,(H,36,40)(H,37,39)/t21-,27+/m1/s1. The molecule has 0 aromatic heterocycles. The highest BCUT2D eigenvalue weighted by Crippen LogP contribution is 2.42. The van der Waals surface area contributed by atoms with E-state index in [-0.39, 0.29) is 30.2 Å². The molecule has 1 aliphatic rings. The zero-order valence-corrected chi connectivity index (χ0v) is 26.8. The average molecular weight is 628 g/mol. The quantitative estimate of drug-likeness (QED) is 0.213. The average Bonchev–Trinajstić information content (AvgIpc) is 3.20. The van der Waals surface area contributed by atoms with Gasteiger partial charge in [0.25, 0.3) is 11.8 Å². The van der Waals surface area contributed by atoms with Gasteiger partial charge in [0.2, 0.25) is 11.7 Å². The van der Waals surface area contributed by atoms with E-state index in [9.17, 15) is 14.4 Å². The minimum Gasteiger partial charge on any atom is -0.493 e. The number of methoxy groups -OCH3 is 3. The third-order valence-electron chi connectivity index (χ3n) is 8.00. The SMILES string of the molecule is CC[C@@H](C)C(=O)N[C@H]1CSc2c(NC(=O)c3cc(OC)c(OC)c(OC)c3)cccc2N(Cc2cccc3ccccc23)C1=O. The summed E-state index contributed by atoms with van der Waals surface area (Å²) in [6.45, 7) is 4.08. The van der Waals surface area contributed by atoms with Crippen LogP contribution in [0.5, 0.6) is 17.2 Å². The van der Waals surface area contributed by atoms with Gasteiger partial charge in [-0.25, -0.2) is 0 Å². The maximum atomic E-state index is 14.2. The van der Waals surface area contributed by atoms with E-state index < -0.39 is 6.04 Å². The number of anilines is 2. The molecular formula is C35H37N3O6S. The van der Waals surface area contributed by atoms with Crippen LogP contribution in [0.1, 0.15) is 36.2 Å². The fourth-order valence-corrected chi connectivity index (χ4v) is 6.47. The van der Waals surface area contributed by atoms with E-state index in [4.69, 9.17) is 14.2 Å². The molecule has 0 aliphatic carbocycles. The van der Waals surface area contributed by atoms with E-state index in [0.29, 0.717) is 46.4 Å². The molecule has 1 aliphatic heterocycles. The maximum absolute atomic E-state index is 14.2. The van der Waals surface area contributed by atoms with E-state index in [1.165, 1.54) is 33.1 Å². The Labute approximate surface area is 267 Å². The molecular weight excluding hydrogens is 590 g/mol. The van der Waals surface area contributed by atoms with Gasteiger partial charge in [-0.2, -0.15) is 0 Å². The second kappa shape index (κ2) is 13.9. The van der Waals surface area contributed by atoms with E-state index in [2.05, 4.69) is 10.6 Å². The molecule has 0 saturated heterocycles. The highest BCUT2D eigenvalue weighted by atomic mass is 32.2. The van der Waals surface area contributed by atoms with Crippen LogP contribution < -0.4 is 29.7 Å². The Morgan fingerprint density at radius 3 is 2.33 bits per heavy atom. The molecule has 45 heavy (non-hydrogen) atoms. The van der Waals surface area contributed by atoms with Crippen LogP contribution >= 0.6 is 11.8 Å². The Kier molecular flexibility index (Phi) is 9.83. The van der Waals surface area contributed by atoms with Gasteiger partial charge in [-0.05, 0) is 47.0 Å². The largest absolute Gasteiger partial charge is 0.493 e. The van der Waals surface area contributed by atoms with Crippen molar-refractivity contribution < 1.29 is 28.6 Å². The lowest BCUT2D eigenvalue weighted by atomic mass is 10.0. The molecule has 0 spiro atoms. The van der Waals surface area contributed by atoms with Crippen LogP contribution in [-0.2, 0) is 16.1 Å². The van der Waals surface area contributed by atoms with Crippen molar-refractivity contribution in [2.24, 2.45) is 5.92 Å². The van der Waals surface area contributed by atoms with E-state index in [1.807, 2.05) is 68.4 Å². The van der Waals surface area contributed by atoms with E-state index in [0.717, 1.165) is 21.2 Å². The number of amides is 3. The van der Waals surface area contributed by atoms with Crippen LogP contribution in [0.2, 0.25) is 0 Å². The zero-order chi connectivity index (χ0) is 32.1. The number of ether oxygens (including phenoxy) is 3. The van der Waals surface area contributed by atoms with Crippen molar-refractivity contribution in [3.63, 3.8) is 0 Å². The molecule has 4 aromatic rings. The highest BCUT2D eigenvalue weighted by Gasteiger charge is 2.34. The molecule has 2 N–H and O–H groups in total. The molecule has 0 saturated carbocycles. The first-order valence-corrected chi connectivity index (χ1v) is 15.7. The van der Waals surface area contributed by atoms with Crippen LogP contribution in [0, 0.1) is 5.92 Å². The third kappa shape index (κ3) is 6.56. The summed E-state index contributed by atoms with van der Waals surface area (Å²) in [6, 6.07) is 22.0. The molecule has 5 rings (SSSR count). The van der Waals surface area contributed by atoms with Gasteiger partial charge < -0.3 is 29.7 Å². The van der Waals surface area contributed by atoms with Crippen LogP contribution in [0.4, 0.5) is 11.4 Å². The summed E-state index contributed by atoms with van der Waals surface area (Å²) in [6.07, 6.45) is 0.664. The Balaban J connectivity index is 1.54. The number of carbonyl (C=O) groups is 3. The summed E-state index contributed by atoms with van der Waals surface area (Å²) < 4.78 is 16.3. The lowest BCUT2D eigenvalue weighted by Gasteiger charge is -2.27. The van der Waals surface area contributed by atoms with E-state index >= 15 is 0 Å². The number of thioether (sulfide) groups is 1. The van der Waals surface area contributed by atoms with Crippen molar-refractivity contribution >= 4 is 51.6 Å². The normalized spacial score (nSPS) is 15.1. The predicted octanol–water partition coefficient (Wildman–Crippen LogP) is 6.29. The van der Waals surface area contributed by atoms with Gasteiger partial charge in [-0.3, -0.25) is 14.4 Å². The summed E-state index contributed by atoms with van der Waals surface area (Å²) in [4.78, 5) is 43.2. The van der Waals surface area contributed by atoms with Crippen molar-refractivity contribution in [1.82, 2.24) is 5.32 Å². The monoisotopic (exact) mass is 627 g/mol. The van der Waals surface area contributed by atoms with Crippen LogP contribution in [0.25, 0.3) is 10.8 Å². The maximum Gasteiger partial charge on any atom is 0.255 e. The summed E-state index contributed by atoms with van der Waals surface area (Å²) in [5.74, 6) is 0.410. The number of nitrogens with one attached hydrogen (secondary N) is 2. The highest BCUT2D eigenvalue weighted by molar-refractivity contribution is 7.99. The zero-order valence-electron chi connectivity index (χ0n) is 26.0. The summed E-state index contributed by atoms with van der Waals surface area (Å²) in [7, 11) is 4.48. The fourth-order valence-electron chi connectivity index (χ4n) is 5.31.